The number of anilines is 1. The molecule has 1 saturated heterocycles. The largest absolute Gasteiger partial charge is 0.444 e. The van der Waals surface area contributed by atoms with E-state index in [0.29, 0.717) is 53.6 Å². The van der Waals surface area contributed by atoms with Crippen LogP contribution < -0.4 is 10.6 Å². The summed E-state index contributed by atoms with van der Waals surface area (Å²) >= 11 is 12.8. The number of piperazine rings is 1. The van der Waals surface area contributed by atoms with E-state index in [2.05, 4.69) is 19.9 Å². The number of pyridine rings is 1. The van der Waals surface area contributed by atoms with E-state index >= 15 is 0 Å². The molecule has 210 valence electrons. The van der Waals surface area contributed by atoms with Gasteiger partial charge in [-0.15, -0.1) is 0 Å². The summed E-state index contributed by atoms with van der Waals surface area (Å²) in [6, 6.07) is 1.52. The van der Waals surface area contributed by atoms with Crippen molar-refractivity contribution in [2.45, 2.75) is 78.9 Å². The second-order valence-electron chi connectivity index (χ2n) is 11.5. The van der Waals surface area contributed by atoms with Crippen molar-refractivity contribution in [1.29, 1.82) is 0 Å². The number of carbonyl (C=O) groups is 1. The van der Waals surface area contributed by atoms with E-state index in [4.69, 9.17) is 27.9 Å². The topological polar surface area (TPSA) is 106 Å². The van der Waals surface area contributed by atoms with Crippen LogP contribution in [0.25, 0.3) is 16.7 Å². The van der Waals surface area contributed by atoms with Crippen LogP contribution in [0.5, 0.6) is 0 Å². The fourth-order valence-corrected chi connectivity index (χ4v) is 5.04. The first-order valence-corrected chi connectivity index (χ1v) is 13.8. The maximum Gasteiger partial charge on any atom is 0.410 e. The lowest BCUT2D eigenvalue weighted by Gasteiger charge is -2.41. The molecular formula is C27H35Cl2N7O3. The van der Waals surface area contributed by atoms with Crippen LogP contribution in [0.3, 0.4) is 0 Å². The third kappa shape index (κ3) is 5.82. The van der Waals surface area contributed by atoms with Crippen molar-refractivity contribution in [3.63, 3.8) is 0 Å². The molecule has 0 bridgehead atoms. The second-order valence-corrected chi connectivity index (χ2v) is 12.2. The number of ether oxygens (including phenoxy) is 1. The molecule has 3 aromatic heterocycles. The van der Waals surface area contributed by atoms with Crippen LogP contribution in [0.15, 0.2) is 17.2 Å². The summed E-state index contributed by atoms with van der Waals surface area (Å²) in [6.07, 6.45) is 1.15. The van der Waals surface area contributed by atoms with Crippen LogP contribution in [0.4, 0.5) is 10.6 Å². The molecule has 0 radical (unpaired) electrons. The highest BCUT2D eigenvalue weighted by atomic mass is 35.5. The SMILES string of the molecule is CC(C)c1ncnc(C(C)C)c1-n1c(=O)nc(N2CCN(C(=O)OC(C)(C)C)CC2C)c2cc(Cl)c(Cl)nc21. The number of amides is 1. The Balaban J connectivity index is 1.89. The van der Waals surface area contributed by atoms with E-state index in [1.807, 2.05) is 60.3 Å². The first kappa shape index (κ1) is 29.0. The number of hydrogen-bond acceptors (Lipinski definition) is 8. The van der Waals surface area contributed by atoms with E-state index < -0.39 is 11.3 Å². The Hall–Kier alpha value is -2.98. The van der Waals surface area contributed by atoms with Gasteiger partial charge in [-0.05, 0) is 45.6 Å². The molecule has 1 aliphatic rings. The Kier molecular flexibility index (Phi) is 8.10. The molecule has 12 heteroatoms. The zero-order valence-electron chi connectivity index (χ0n) is 23.6. The molecule has 0 aromatic carbocycles. The Morgan fingerprint density at radius 2 is 1.67 bits per heavy atom. The minimum absolute atomic E-state index is 0.00542. The summed E-state index contributed by atoms with van der Waals surface area (Å²) in [5.41, 5.74) is 1.18. The van der Waals surface area contributed by atoms with Crippen LogP contribution in [0, 0.1) is 0 Å². The fourth-order valence-electron chi connectivity index (χ4n) is 4.75. The number of halogens is 2. The number of carbonyl (C=O) groups excluding carboxylic acids is 1. The Bertz CT molecular complexity index is 1440. The van der Waals surface area contributed by atoms with Crippen LogP contribution in [0.1, 0.15) is 78.6 Å². The molecule has 1 aliphatic heterocycles. The average Bonchev–Trinajstić information content (AvgIpc) is 2.83. The van der Waals surface area contributed by atoms with Gasteiger partial charge >= 0.3 is 11.8 Å². The molecule has 10 nitrogen and oxygen atoms in total. The molecule has 39 heavy (non-hydrogen) atoms. The normalized spacial score (nSPS) is 16.5. The zero-order chi connectivity index (χ0) is 28.8. The highest BCUT2D eigenvalue weighted by Crippen LogP contribution is 2.34. The highest BCUT2D eigenvalue weighted by Gasteiger charge is 2.33. The molecule has 1 unspecified atom stereocenters. The van der Waals surface area contributed by atoms with E-state index in [0.717, 1.165) is 0 Å². The highest BCUT2D eigenvalue weighted by molar-refractivity contribution is 6.41. The average molecular weight is 577 g/mol. The molecule has 1 fully saturated rings. The number of aromatic nitrogens is 5. The summed E-state index contributed by atoms with van der Waals surface area (Å²) in [7, 11) is 0. The maximum absolute atomic E-state index is 13.8. The van der Waals surface area contributed by atoms with Crippen molar-refractivity contribution >= 4 is 46.1 Å². The van der Waals surface area contributed by atoms with E-state index in [-0.39, 0.29) is 34.1 Å². The van der Waals surface area contributed by atoms with Crippen molar-refractivity contribution in [2.24, 2.45) is 0 Å². The van der Waals surface area contributed by atoms with Crippen LogP contribution in [-0.2, 0) is 4.74 Å². The van der Waals surface area contributed by atoms with Gasteiger partial charge in [-0.25, -0.2) is 29.1 Å². The van der Waals surface area contributed by atoms with Gasteiger partial charge in [-0.3, -0.25) is 0 Å². The lowest BCUT2D eigenvalue weighted by molar-refractivity contribution is 0.0218. The standard InChI is InChI=1S/C27H35Cl2N7O3/c1-14(2)19-21(20(15(3)4)31-13-30-19)36-24-17(11-18(28)22(29)32-24)23(33-25(36)37)35-10-9-34(12-16(35)5)26(38)39-27(6,7)8/h11,13-16H,9-10,12H2,1-8H3. The van der Waals surface area contributed by atoms with Gasteiger partial charge in [0.05, 0.1) is 27.5 Å². The maximum atomic E-state index is 13.8. The predicted octanol–water partition coefficient (Wildman–Crippen LogP) is 5.57. The molecular weight excluding hydrogens is 541 g/mol. The first-order valence-electron chi connectivity index (χ1n) is 13.1. The quantitative estimate of drug-likeness (QED) is 0.371. The van der Waals surface area contributed by atoms with Gasteiger partial charge in [-0.2, -0.15) is 4.98 Å². The number of hydrogen-bond donors (Lipinski definition) is 0. The third-order valence-corrected chi connectivity index (χ3v) is 7.18. The van der Waals surface area contributed by atoms with Crippen molar-refractivity contribution in [1.82, 2.24) is 29.4 Å². The number of fused-ring (bicyclic) bond motifs is 1. The van der Waals surface area contributed by atoms with Gasteiger partial charge in [-0.1, -0.05) is 50.9 Å². The third-order valence-electron chi connectivity index (χ3n) is 6.51. The Morgan fingerprint density at radius 1 is 1.05 bits per heavy atom. The minimum atomic E-state index is -0.591. The molecule has 0 N–H and O–H groups in total. The summed E-state index contributed by atoms with van der Waals surface area (Å²) in [4.78, 5) is 48.4. The smallest absolute Gasteiger partial charge is 0.410 e. The van der Waals surface area contributed by atoms with Crippen molar-refractivity contribution in [2.75, 3.05) is 24.5 Å². The lowest BCUT2D eigenvalue weighted by atomic mass is 10.0. The molecule has 4 heterocycles. The van der Waals surface area contributed by atoms with Gasteiger partial charge in [0, 0.05) is 25.7 Å². The monoisotopic (exact) mass is 575 g/mol. The van der Waals surface area contributed by atoms with E-state index in [9.17, 15) is 9.59 Å². The van der Waals surface area contributed by atoms with Gasteiger partial charge in [0.15, 0.2) is 5.65 Å². The molecule has 0 spiro atoms. The summed E-state index contributed by atoms with van der Waals surface area (Å²) in [6.45, 7) is 16.8. The van der Waals surface area contributed by atoms with Gasteiger partial charge in [0.2, 0.25) is 0 Å². The second kappa shape index (κ2) is 10.9. The van der Waals surface area contributed by atoms with Gasteiger partial charge in [0.1, 0.15) is 22.9 Å². The Labute approximate surface area is 238 Å². The molecule has 0 aliphatic carbocycles. The van der Waals surface area contributed by atoms with Crippen LogP contribution >= 0.6 is 23.2 Å². The summed E-state index contributed by atoms with van der Waals surface area (Å²) in [5.74, 6) is 0.444. The zero-order valence-corrected chi connectivity index (χ0v) is 25.1. The van der Waals surface area contributed by atoms with Gasteiger partial charge in [0.25, 0.3) is 0 Å². The van der Waals surface area contributed by atoms with Crippen molar-refractivity contribution < 1.29 is 9.53 Å². The molecule has 4 rings (SSSR count). The van der Waals surface area contributed by atoms with E-state index in [1.54, 1.807) is 11.0 Å². The Morgan fingerprint density at radius 3 is 2.21 bits per heavy atom. The van der Waals surface area contributed by atoms with E-state index in [1.165, 1.54) is 10.9 Å². The molecule has 0 saturated carbocycles. The fraction of sp³-hybridized carbons (Fsp3) is 0.556. The van der Waals surface area contributed by atoms with Crippen molar-refractivity contribution in [3.05, 3.63) is 44.4 Å². The first-order chi connectivity index (χ1) is 18.2. The molecule has 3 aromatic rings. The summed E-state index contributed by atoms with van der Waals surface area (Å²) in [5, 5.41) is 0.885. The lowest BCUT2D eigenvalue weighted by Crippen LogP contribution is -2.55. The summed E-state index contributed by atoms with van der Waals surface area (Å²) < 4.78 is 7.01. The number of rotatable bonds is 4. The van der Waals surface area contributed by atoms with Crippen molar-refractivity contribution in [3.8, 4) is 5.69 Å². The van der Waals surface area contributed by atoms with Crippen LogP contribution in [-0.4, -0.2) is 66.8 Å². The predicted molar refractivity (Wildman–Crippen MR) is 154 cm³/mol. The molecule has 1 amide bonds. The minimum Gasteiger partial charge on any atom is -0.444 e. The molecule has 1 atom stereocenters. The van der Waals surface area contributed by atoms with Gasteiger partial charge < -0.3 is 14.5 Å². The number of nitrogens with zero attached hydrogens (tertiary/aromatic N) is 7. The van der Waals surface area contributed by atoms with Crippen LogP contribution in [0.2, 0.25) is 10.2 Å².